The molecule has 2 rings (SSSR count). The van der Waals surface area contributed by atoms with Gasteiger partial charge in [-0.15, -0.1) is 11.3 Å². The lowest BCUT2D eigenvalue weighted by Crippen LogP contribution is -2.01. The van der Waals surface area contributed by atoms with Crippen LogP contribution < -0.4 is 0 Å². The Balaban J connectivity index is 2.45. The highest BCUT2D eigenvalue weighted by atomic mass is 32.1. The number of hydrogen-bond acceptors (Lipinski definition) is 3. The highest BCUT2D eigenvalue weighted by Crippen LogP contribution is 2.49. The van der Waals surface area contributed by atoms with E-state index in [1.807, 2.05) is 12.4 Å². The number of hydrogen-bond donors (Lipinski definition) is 0. The van der Waals surface area contributed by atoms with Crippen LogP contribution in [0.15, 0.2) is 5.51 Å². The SMILES string of the molecule is Cc1ncsc1C1(C#N)CC1. The Morgan fingerprint density at radius 2 is 2.45 bits per heavy atom. The van der Waals surface area contributed by atoms with E-state index in [2.05, 4.69) is 11.1 Å². The molecule has 0 unspecified atom stereocenters. The molecule has 2 nitrogen and oxygen atoms in total. The fraction of sp³-hybridized carbons (Fsp3) is 0.500. The number of nitriles is 1. The number of thiazole rings is 1. The number of aromatic nitrogens is 1. The molecule has 0 aromatic carbocycles. The Morgan fingerprint density at radius 3 is 2.82 bits per heavy atom. The van der Waals surface area contributed by atoms with E-state index in [1.54, 1.807) is 11.3 Å². The third kappa shape index (κ3) is 0.865. The summed E-state index contributed by atoms with van der Waals surface area (Å²) in [5.74, 6) is 0. The molecule has 1 aliphatic rings. The molecule has 56 valence electrons. The molecule has 1 aromatic heterocycles. The molecule has 0 bridgehead atoms. The quantitative estimate of drug-likeness (QED) is 0.636. The van der Waals surface area contributed by atoms with E-state index < -0.39 is 0 Å². The molecule has 1 fully saturated rings. The van der Waals surface area contributed by atoms with Gasteiger partial charge in [-0.3, -0.25) is 0 Å². The summed E-state index contributed by atoms with van der Waals surface area (Å²) in [7, 11) is 0. The molecular formula is C8H8N2S. The van der Waals surface area contributed by atoms with Crippen molar-refractivity contribution in [1.29, 1.82) is 5.26 Å². The third-order valence-electron chi connectivity index (χ3n) is 2.14. The van der Waals surface area contributed by atoms with Crippen molar-refractivity contribution in [3.8, 4) is 6.07 Å². The largest absolute Gasteiger partial charge is 0.250 e. The van der Waals surface area contributed by atoms with E-state index >= 15 is 0 Å². The van der Waals surface area contributed by atoms with Crippen LogP contribution in [0.5, 0.6) is 0 Å². The van der Waals surface area contributed by atoms with Crippen molar-refractivity contribution in [1.82, 2.24) is 4.98 Å². The van der Waals surface area contributed by atoms with Gasteiger partial charge in [0, 0.05) is 4.88 Å². The zero-order valence-electron chi connectivity index (χ0n) is 6.29. The second kappa shape index (κ2) is 2.05. The van der Waals surface area contributed by atoms with Gasteiger partial charge in [0.15, 0.2) is 0 Å². The summed E-state index contributed by atoms with van der Waals surface area (Å²) in [6.45, 7) is 1.98. The van der Waals surface area contributed by atoms with Crippen molar-refractivity contribution >= 4 is 11.3 Å². The normalized spacial score (nSPS) is 19.3. The van der Waals surface area contributed by atoms with Crippen LogP contribution in [0.25, 0.3) is 0 Å². The van der Waals surface area contributed by atoms with E-state index in [1.165, 1.54) is 4.88 Å². The van der Waals surface area contributed by atoms with E-state index in [9.17, 15) is 0 Å². The van der Waals surface area contributed by atoms with Gasteiger partial charge in [-0.1, -0.05) is 0 Å². The van der Waals surface area contributed by atoms with Gasteiger partial charge in [-0.25, -0.2) is 4.98 Å². The Kier molecular flexibility index (Phi) is 1.27. The maximum atomic E-state index is 8.88. The molecule has 0 amide bonds. The fourth-order valence-electron chi connectivity index (χ4n) is 1.28. The van der Waals surface area contributed by atoms with Crippen LogP contribution in [-0.4, -0.2) is 4.98 Å². The van der Waals surface area contributed by atoms with Crippen LogP contribution in [-0.2, 0) is 5.41 Å². The van der Waals surface area contributed by atoms with Crippen LogP contribution in [0.4, 0.5) is 0 Å². The Labute approximate surface area is 69.5 Å². The first-order chi connectivity index (χ1) is 5.28. The molecule has 0 saturated heterocycles. The van der Waals surface area contributed by atoms with Crippen LogP contribution in [0, 0.1) is 18.3 Å². The van der Waals surface area contributed by atoms with Crippen molar-refractivity contribution in [3.05, 3.63) is 16.1 Å². The number of aryl methyl sites for hydroxylation is 1. The van der Waals surface area contributed by atoms with Crippen molar-refractivity contribution in [2.75, 3.05) is 0 Å². The highest BCUT2D eigenvalue weighted by Gasteiger charge is 2.47. The Morgan fingerprint density at radius 1 is 1.73 bits per heavy atom. The van der Waals surface area contributed by atoms with Crippen molar-refractivity contribution in [2.24, 2.45) is 0 Å². The topological polar surface area (TPSA) is 36.7 Å². The van der Waals surface area contributed by atoms with Gasteiger partial charge in [-0.2, -0.15) is 5.26 Å². The van der Waals surface area contributed by atoms with Crippen molar-refractivity contribution in [3.63, 3.8) is 0 Å². The van der Waals surface area contributed by atoms with E-state index in [4.69, 9.17) is 5.26 Å². The minimum atomic E-state index is -0.134. The smallest absolute Gasteiger partial charge is 0.0934 e. The van der Waals surface area contributed by atoms with Crippen LogP contribution in [0.3, 0.4) is 0 Å². The minimum Gasteiger partial charge on any atom is -0.250 e. The molecule has 11 heavy (non-hydrogen) atoms. The summed E-state index contributed by atoms with van der Waals surface area (Å²) < 4.78 is 0. The average Bonchev–Trinajstić information content (AvgIpc) is 2.70. The van der Waals surface area contributed by atoms with Gasteiger partial charge < -0.3 is 0 Å². The van der Waals surface area contributed by atoms with Gasteiger partial charge in [-0.05, 0) is 19.8 Å². The molecule has 1 heterocycles. The lowest BCUT2D eigenvalue weighted by atomic mass is 10.1. The molecule has 1 aliphatic carbocycles. The lowest BCUT2D eigenvalue weighted by molar-refractivity contribution is 0.914. The molecular weight excluding hydrogens is 156 g/mol. The Bertz CT molecular complexity index is 317. The molecule has 0 radical (unpaired) electrons. The first-order valence-electron chi connectivity index (χ1n) is 3.60. The molecule has 0 N–H and O–H groups in total. The lowest BCUT2D eigenvalue weighted by Gasteiger charge is -2.00. The summed E-state index contributed by atoms with van der Waals surface area (Å²) in [6.07, 6.45) is 2.04. The van der Waals surface area contributed by atoms with Gasteiger partial charge >= 0.3 is 0 Å². The summed E-state index contributed by atoms with van der Waals surface area (Å²) in [5.41, 5.74) is 2.72. The van der Waals surface area contributed by atoms with E-state index in [-0.39, 0.29) is 5.41 Å². The molecule has 0 aliphatic heterocycles. The second-order valence-electron chi connectivity index (χ2n) is 2.96. The summed E-state index contributed by atoms with van der Waals surface area (Å²) in [5, 5.41) is 8.88. The van der Waals surface area contributed by atoms with Crippen LogP contribution in [0.1, 0.15) is 23.4 Å². The zero-order chi connectivity index (χ0) is 7.90. The summed E-state index contributed by atoms with van der Waals surface area (Å²) in [4.78, 5) is 5.32. The number of rotatable bonds is 1. The van der Waals surface area contributed by atoms with Gasteiger partial charge in [0.2, 0.25) is 0 Å². The standard InChI is InChI=1S/C8H8N2S/c1-6-7(11-5-10-6)8(4-9)2-3-8/h5H,2-3H2,1H3. The van der Waals surface area contributed by atoms with Gasteiger partial charge in [0.1, 0.15) is 0 Å². The molecule has 3 heteroatoms. The number of nitrogens with zero attached hydrogens (tertiary/aromatic N) is 2. The zero-order valence-corrected chi connectivity index (χ0v) is 7.11. The minimum absolute atomic E-state index is 0.134. The predicted molar refractivity (Wildman–Crippen MR) is 43.4 cm³/mol. The molecule has 1 saturated carbocycles. The maximum Gasteiger partial charge on any atom is 0.0934 e. The average molecular weight is 164 g/mol. The Hall–Kier alpha value is -0.880. The van der Waals surface area contributed by atoms with Gasteiger partial charge in [0.05, 0.1) is 22.7 Å². The predicted octanol–water partition coefficient (Wildman–Crippen LogP) is 2.01. The first kappa shape index (κ1) is 6.81. The molecule has 0 spiro atoms. The van der Waals surface area contributed by atoms with Crippen LogP contribution in [0.2, 0.25) is 0 Å². The van der Waals surface area contributed by atoms with Crippen molar-refractivity contribution in [2.45, 2.75) is 25.2 Å². The molecule has 0 atom stereocenters. The van der Waals surface area contributed by atoms with Gasteiger partial charge in [0.25, 0.3) is 0 Å². The van der Waals surface area contributed by atoms with E-state index in [0.717, 1.165) is 18.5 Å². The monoisotopic (exact) mass is 164 g/mol. The van der Waals surface area contributed by atoms with E-state index in [0.29, 0.717) is 0 Å². The third-order valence-corrected chi connectivity index (χ3v) is 3.28. The maximum absolute atomic E-state index is 8.88. The second-order valence-corrected chi connectivity index (χ2v) is 3.82. The van der Waals surface area contributed by atoms with Crippen molar-refractivity contribution < 1.29 is 0 Å². The fourth-order valence-corrected chi connectivity index (χ4v) is 2.29. The van der Waals surface area contributed by atoms with Crippen LogP contribution >= 0.6 is 11.3 Å². The summed E-state index contributed by atoms with van der Waals surface area (Å²) in [6, 6.07) is 2.37. The first-order valence-corrected chi connectivity index (χ1v) is 4.48. The molecule has 1 aromatic rings. The highest BCUT2D eigenvalue weighted by molar-refractivity contribution is 7.10. The summed E-state index contributed by atoms with van der Waals surface area (Å²) >= 11 is 1.61.